The maximum absolute atomic E-state index is 5.48. The van der Waals surface area contributed by atoms with Crippen LogP contribution in [0.4, 0.5) is 0 Å². The van der Waals surface area contributed by atoms with Crippen LogP contribution in [0, 0.1) is 0 Å². The Morgan fingerprint density at radius 2 is 2.25 bits per heavy atom. The molecule has 1 aromatic rings. The molecule has 1 rings (SSSR count). The van der Waals surface area contributed by atoms with Gasteiger partial charge in [0.15, 0.2) is 0 Å². The van der Waals surface area contributed by atoms with Gasteiger partial charge in [-0.05, 0) is 32.4 Å². The quantitative estimate of drug-likeness (QED) is 0.558. The van der Waals surface area contributed by atoms with Gasteiger partial charge in [0, 0.05) is 18.2 Å². The highest BCUT2D eigenvalue weighted by Crippen LogP contribution is 2.21. The molecule has 0 unspecified atom stereocenters. The first-order valence-electron chi connectivity index (χ1n) is 5.13. The highest BCUT2D eigenvalue weighted by Gasteiger charge is 2.06. The molecule has 0 amide bonds. The van der Waals surface area contributed by atoms with E-state index in [1.54, 1.807) is 6.20 Å². The monoisotopic (exact) mass is 216 g/mol. The topological polar surface area (TPSA) is 34.5 Å². The molecule has 0 saturated carbocycles. The van der Waals surface area contributed by atoms with Gasteiger partial charge in [0.2, 0.25) is 5.88 Å². The maximum Gasteiger partial charge on any atom is 0.210 e. The fourth-order valence-corrected chi connectivity index (χ4v) is 1.32. The van der Waals surface area contributed by atoms with Gasteiger partial charge in [-0.3, -0.25) is 4.98 Å². The van der Waals surface area contributed by atoms with E-state index in [2.05, 4.69) is 23.3 Å². The number of rotatable bonds is 5. The predicted octanol–water partition coefficient (Wildman–Crippen LogP) is 3.41. The van der Waals surface area contributed by atoms with Crippen molar-refractivity contribution in [2.75, 3.05) is 0 Å². The number of ether oxygens (including phenoxy) is 1. The fourth-order valence-electron chi connectivity index (χ4n) is 1.32. The molecular weight excluding hydrogens is 200 g/mol. The van der Waals surface area contributed by atoms with Crippen LogP contribution < -0.4 is 0 Å². The Morgan fingerprint density at radius 3 is 2.75 bits per heavy atom. The number of aliphatic imine (C=N–C) groups is 1. The summed E-state index contributed by atoms with van der Waals surface area (Å²) in [7, 11) is 0. The first-order chi connectivity index (χ1) is 7.69. The Labute approximate surface area is 96.2 Å². The molecule has 0 aliphatic carbocycles. The molecule has 0 fully saturated rings. The van der Waals surface area contributed by atoms with E-state index >= 15 is 0 Å². The number of hydrogen-bond donors (Lipinski definition) is 0. The zero-order valence-electron chi connectivity index (χ0n) is 9.73. The van der Waals surface area contributed by atoms with Gasteiger partial charge in [-0.1, -0.05) is 13.0 Å². The van der Waals surface area contributed by atoms with Crippen molar-refractivity contribution in [3.63, 3.8) is 0 Å². The smallest absolute Gasteiger partial charge is 0.210 e. The molecule has 3 nitrogen and oxygen atoms in total. The molecule has 16 heavy (non-hydrogen) atoms. The van der Waals surface area contributed by atoms with Crippen molar-refractivity contribution >= 4 is 12.3 Å². The molecule has 0 N–H and O–H groups in total. The standard InChI is InChI=1S/C13H16N2O/c1-5-13(16-11(3)14-4)10(2)12-8-6-7-9-15-12/h6-9H,3-5H2,1-2H3/b13-10-. The summed E-state index contributed by atoms with van der Waals surface area (Å²) in [6.45, 7) is 11.0. The molecule has 0 bridgehead atoms. The lowest BCUT2D eigenvalue weighted by Crippen LogP contribution is -1.95. The van der Waals surface area contributed by atoms with E-state index in [0.29, 0.717) is 5.88 Å². The Kier molecular flexibility index (Phi) is 4.45. The lowest BCUT2D eigenvalue weighted by Gasteiger charge is -2.11. The van der Waals surface area contributed by atoms with Gasteiger partial charge in [0.05, 0.1) is 5.69 Å². The number of nitrogens with zero attached hydrogens (tertiary/aromatic N) is 2. The third-order valence-electron chi connectivity index (χ3n) is 2.21. The van der Waals surface area contributed by atoms with E-state index in [4.69, 9.17) is 4.74 Å². The minimum Gasteiger partial charge on any atom is -0.444 e. The van der Waals surface area contributed by atoms with Crippen LogP contribution >= 0.6 is 0 Å². The summed E-state index contributed by atoms with van der Waals surface area (Å²) < 4.78 is 5.48. The minimum atomic E-state index is 0.312. The van der Waals surface area contributed by atoms with E-state index in [9.17, 15) is 0 Å². The molecule has 0 atom stereocenters. The van der Waals surface area contributed by atoms with Crippen LogP contribution in [0.2, 0.25) is 0 Å². The third-order valence-corrected chi connectivity index (χ3v) is 2.21. The third kappa shape index (κ3) is 3.05. The van der Waals surface area contributed by atoms with E-state index in [0.717, 1.165) is 23.4 Å². The van der Waals surface area contributed by atoms with Crippen molar-refractivity contribution in [2.24, 2.45) is 4.99 Å². The van der Waals surface area contributed by atoms with E-state index < -0.39 is 0 Å². The second-order valence-electron chi connectivity index (χ2n) is 3.27. The molecule has 1 aromatic heterocycles. The molecule has 0 saturated heterocycles. The molecule has 3 heteroatoms. The Hall–Kier alpha value is -1.90. The average molecular weight is 216 g/mol. The summed E-state index contributed by atoms with van der Waals surface area (Å²) in [5, 5.41) is 0. The summed E-state index contributed by atoms with van der Waals surface area (Å²) >= 11 is 0. The molecule has 0 aliphatic rings. The summed E-state index contributed by atoms with van der Waals surface area (Å²) in [5.74, 6) is 1.13. The van der Waals surface area contributed by atoms with Gasteiger partial charge < -0.3 is 4.74 Å². The number of pyridine rings is 1. The van der Waals surface area contributed by atoms with Crippen LogP contribution in [-0.4, -0.2) is 11.7 Å². The van der Waals surface area contributed by atoms with Crippen molar-refractivity contribution in [1.29, 1.82) is 0 Å². The Bertz CT molecular complexity index is 407. The van der Waals surface area contributed by atoms with Crippen molar-refractivity contribution in [2.45, 2.75) is 20.3 Å². The first kappa shape index (κ1) is 12.2. The fraction of sp³-hybridized carbons (Fsp3) is 0.231. The molecule has 1 heterocycles. The predicted molar refractivity (Wildman–Crippen MR) is 66.9 cm³/mol. The summed E-state index contributed by atoms with van der Waals surface area (Å²) in [4.78, 5) is 7.90. The van der Waals surface area contributed by atoms with Crippen molar-refractivity contribution in [3.8, 4) is 0 Å². The Balaban J connectivity index is 3.00. The van der Waals surface area contributed by atoms with Crippen LogP contribution in [0.3, 0.4) is 0 Å². The van der Waals surface area contributed by atoms with Gasteiger partial charge in [0.1, 0.15) is 5.76 Å². The minimum absolute atomic E-state index is 0.312. The first-order valence-corrected chi connectivity index (χ1v) is 5.13. The lowest BCUT2D eigenvalue weighted by atomic mass is 10.1. The summed E-state index contributed by atoms with van der Waals surface area (Å²) in [6.07, 6.45) is 2.52. The van der Waals surface area contributed by atoms with Crippen LogP contribution in [0.25, 0.3) is 5.57 Å². The normalized spacial score (nSPS) is 11.6. The summed E-state index contributed by atoms with van der Waals surface area (Å²) in [6, 6.07) is 5.77. The van der Waals surface area contributed by atoms with E-state index in [1.807, 2.05) is 32.0 Å². The van der Waals surface area contributed by atoms with E-state index in [1.165, 1.54) is 0 Å². The molecule has 0 aromatic carbocycles. The van der Waals surface area contributed by atoms with E-state index in [-0.39, 0.29) is 0 Å². The Morgan fingerprint density at radius 1 is 1.50 bits per heavy atom. The number of aromatic nitrogens is 1. The van der Waals surface area contributed by atoms with Crippen molar-refractivity contribution in [1.82, 2.24) is 4.98 Å². The number of hydrogen-bond acceptors (Lipinski definition) is 3. The van der Waals surface area contributed by atoms with Gasteiger partial charge >= 0.3 is 0 Å². The average Bonchev–Trinajstić information content (AvgIpc) is 2.35. The van der Waals surface area contributed by atoms with Crippen LogP contribution in [0.5, 0.6) is 0 Å². The van der Waals surface area contributed by atoms with Gasteiger partial charge in [-0.25, -0.2) is 4.99 Å². The second kappa shape index (κ2) is 5.85. The largest absolute Gasteiger partial charge is 0.444 e. The van der Waals surface area contributed by atoms with Gasteiger partial charge in [0.25, 0.3) is 0 Å². The molecule has 84 valence electrons. The molecular formula is C13H16N2O. The SMILES string of the molecule is C=NC(=C)O/C(CC)=C(/C)c1ccccn1. The van der Waals surface area contributed by atoms with Crippen LogP contribution in [-0.2, 0) is 4.74 Å². The zero-order chi connectivity index (χ0) is 12.0. The zero-order valence-corrected chi connectivity index (χ0v) is 9.73. The maximum atomic E-state index is 5.48. The second-order valence-corrected chi connectivity index (χ2v) is 3.27. The number of allylic oxidation sites excluding steroid dienone is 2. The van der Waals surface area contributed by atoms with Crippen molar-refractivity contribution < 1.29 is 4.74 Å². The van der Waals surface area contributed by atoms with Crippen molar-refractivity contribution in [3.05, 3.63) is 48.3 Å². The van der Waals surface area contributed by atoms with Gasteiger partial charge in [-0.2, -0.15) is 0 Å². The molecule has 0 aliphatic heterocycles. The highest BCUT2D eigenvalue weighted by atomic mass is 16.5. The molecule has 0 radical (unpaired) electrons. The van der Waals surface area contributed by atoms with Gasteiger partial charge in [-0.15, -0.1) is 0 Å². The van der Waals surface area contributed by atoms with Crippen LogP contribution in [0.15, 0.2) is 47.6 Å². The summed E-state index contributed by atoms with van der Waals surface area (Å²) in [5.41, 5.74) is 1.89. The molecule has 0 spiro atoms. The van der Waals surface area contributed by atoms with Crippen LogP contribution in [0.1, 0.15) is 26.0 Å². The highest BCUT2D eigenvalue weighted by molar-refractivity contribution is 5.62. The lowest BCUT2D eigenvalue weighted by molar-refractivity contribution is 0.295.